The van der Waals surface area contributed by atoms with Crippen molar-refractivity contribution in [1.29, 1.82) is 0 Å². The Hall–Kier alpha value is -3.93. The van der Waals surface area contributed by atoms with Crippen LogP contribution in [-0.2, 0) is 9.47 Å². The van der Waals surface area contributed by atoms with Gasteiger partial charge in [-0.05, 0) is 36.9 Å². The number of anilines is 1. The highest BCUT2D eigenvalue weighted by molar-refractivity contribution is 5.70. The second-order valence-electron chi connectivity index (χ2n) is 8.88. The molecule has 192 valence electrons. The molecule has 4 aromatic rings. The number of fused-ring (bicyclic) bond motifs is 1. The van der Waals surface area contributed by atoms with Crippen molar-refractivity contribution >= 4 is 17.3 Å². The fourth-order valence-corrected chi connectivity index (χ4v) is 4.21. The number of hydrogen-bond acceptors (Lipinski definition) is 9. The molecule has 0 unspecified atom stereocenters. The fraction of sp³-hybridized carbons (Fsp3) is 0.346. The molecular weight excluding hydrogens is 474 g/mol. The minimum Gasteiger partial charge on any atom is -0.377 e. The fourth-order valence-electron chi connectivity index (χ4n) is 4.21. The largest absolute Gasteiger partial charge is 0.377 e. The number of piperazine rings is 1. The lowest BCUT2D eigenvalue weighted by molar-refractivity contribution is -0.384. The van der Waals surface area contributed by atoms with Crippen LogP contribution < -0.4 is 4.90 Å². The van der Waals surface area contributed by atoms with Gasteiger partial charge in [-0.1, -0.05) is 0 Å². The minimum absolute atomic E-state index is 0.0693. The van der Waals surface area contributed by atoms with Gasteiger partial charge in [0.05, 0.1) is 43.2 Å². The normalized spacial score (nSPS) is 16.3. The third-order valence-electron chi connectivity index (χ3n) is 6.39. The lowest BCUT2D eigenvalue weighted by atomic mass is 10.1. The first-order valence-corrected chi connectivity index (χ1v) is 12.2. The van der Waals surface area contributed by atoms with E-state index in [-0.39, 0.29) is 5.69 Å². The van der Waals surface area contributed by atoms with Crippen LogP contribution >= 0.6 is 0 Å². The zero-order valence-electron chi connectivity index (χ0n) is 20.7. The number of pyridine rings is 1. The highest BCUT2D eigenvalue weighted by atomic mass is 16.6. The molecule has 11 heteroatoms. The number of likely N-dealkylation sites (N-methyl/N-ethyl adjacent to an activating group) is 1. The standard InChI is InChI=1S/C22H21N7O2.C4H8O2/c1-26-8-10-27(11-9-26)22-24-13-18(14-25-22)17-6-7-28-20(15-23-21(28)12-17)16-2-4-19(5-3-16)29(30)31;1-2-6-4-3-5-1/h2-7,12-15H,8-11H2,1H3;1-4H2. The van der Waals surface area contributed by atoms with Crippen LogP contribution in [0.3, 0.4) is 0 Å². The van der Waals surface area contributed by atoms with Crippen molar-refractivity contribution in [3.05, 3.63) is 71.3 Å². The molecule has 0 saturated carbocycles. The Morgan fingerprint density at radius 3 is 2.05 bits per heavy atom. The van der Waals surface area contributed by atoms with E-state index in [9.17, 15) is 10.1 Å². The van der Waals surface area contributed by atoms with E-state index in [0.717, 1.165) is 86.6 Å². The molecule has 0 bridgehead atoms. The second kappa shape index (κ2) is 11.4. The van der Waals surface area contributed by atoms with Gasteiger partial charge in [-0.2, -0.15) is 0 Å². The van der Waals surface area contributed by atoms with E-state index in [1.165, 1.54) is 12.1 Å². The average Bonchev–Trinajstić information content (AvgIpc) is 3.38. The van der Waals surface area contributed by atoms with Gasteiger partial charge in [0, 0.05) is 68.0 Å². The van der Waals surface area contributed by atoms with E-state index in [4.69, 9.17) is 9.47 Å². The Balaban J connectivity index is 0.000000412. The number of non-ortho nitro benzene ring substituents is 1. The highest BCUT2D eigenvalue weighted by Crippen LogP contribution is 2.26. The summed E-state index contributed by atoms with van der Waals surface area (Å²) < 4.78 is 11.9. The molecule has 2 fully saturated rings. The monoisotopic (exact) mass is 503 g/mol. The Morgan fingerprint density at radius 2 is 1.46 bits per heavy atom. The molecule has 2 aliphatic heterocycles. The molecule has 37 heavy (non-hydrogen) atoms. The molecule has 5 heterocycles. The van der Waals surface area contributed by atoms with Crippen molar-refractivity contribution in [1.82, 2.24) is 24.3 Å². The zero-order chi connectivity index (χ0) is 25.6. The molecule has 2 aliphatic rings. The maximum absolute atomic E-state index is 10.9. The van der Waals surface area contributed by atoms with Gasteiger partial charge in [-0.15, -0.1) is 0 Å². The summed E-state index contributed by atoms with van der Waals surface area (Å²) in [6.45, 7) is 7.00. The van der Waals surface area contributed by atoms with Gasteiger partial charge < -0.3 is 19.3 Å². The Kier molecular flexibility index (Phi) is 7.64. The van der Waals surface area contributed by atoms with Crippen molar-refractivity contribution < 1.29 is 14.4 Å². The number of nitro benzene ring substituents is 1. The summed E-state index contributed by atoms with van der Waals surface area (Å²) in [6, 6.07) is 10.5. The number of hydrogen-bond donors (Lipinski definition) is 0. The lowest BCUT2D eigenvalue weighted by Gasteiger charge is -2.32. The molecule has 11 nitrogen and oxygen atoms in total. The van der Waals surface area contributed by atoms with Gasteiger partial charge in [-0.3, -0.25) is 14.5 Å². The first-order chi connectivity index (χ1) is 18.1. The second-order valence-corrected chi connectivity index (χ2v) is 8.88. The summed E-state index contributed by atoms with van der Waals surface area (Å²) in [5, 5.41) is 10.9. The summed E-state index contributed by atoms with van der Waals surface area (Å²) in [6.07, 6.45) is 7.43. The van der Waals surface area contributed by atoms with Crippen molar-refractivity contribution in [3.63, 3.8) is 0 Å². The number of nitrogens with zero attached hydrogens (tertiary/aromatic N) is 7. The highest BCUT2D eigenvalue weighted by Gasteiger charge is 2.16. The summed E-state index contributed by atoms with van der Waals surface area (Å²) in [4.78, 5) is 28.6. The smallest absolute Gasteiger partial charge is 0.269 e. The van der Waals surface area contributed by atoms with E-state index < -0.39 is 4.92 Å². The van der Waals surface area contributed by atoms with Crippen LogP contribution in [0.15, 0.2) is 61.2 Å². The number of imidazole rings is 1. The van der Waals surface area contributed by atoms with Crippen molar-refractivity contribution in [2.75, 3.05) is 64.6 Å². The molecule has 1 aromatic carbocycles. The van der Waals surface area contributed by atoms with E-state index >= 15 is 0 Å². The van der Waals surface area contributed by atoms with E-state index in [2.05, 4.69) is 31.8 Å². The van der Waals surface area contributed by atoms with Crippen molar-refractivity contribution in [2.45, 2.75) is 0 Å². The molecule has 2 saturated heterocycles. The molecule has 0 spiro atoms. The lowest BCUT2D eigenvalue weighted by Crippen LogP contribution is -2.45. The molecule has 0 amide bonds. The minimum atomic E-state index is -0.401. The van der Waals surface area contributed by atoms with Gasteiger partial charge in [0.15, 0.2) is 0 Å². The number of rotatable bonds is 4. The number of nitro groups is 1. The van der Waals surface area contributed by atoms with E-state index in [1.807, 2.05) is 35.1 Å². The summed E-state index contributed by atoms with van der Waals surface area (Å²) in [5.41, 5.74) is 4.51. The Labute approximate surface area is 214 Å². The Morgan fingerprint density at radius 1 is 0.811 bits per heavy atom. The van der Waals surface area contributed by atoms with Crippen molar-refractivity contribution in [2.24, 2.45) is 0 Å². The number of ether oxygens (including phenoxy) is 2. The van der Waals surface area contributed by atoms with E-state index in [1.54, 1.807) is 18.3 Å². The zero-order valence-corrected chi connectivity index (χ0v) is 20.7. The van der Waals surface area contributed by atoms with Crippen LogP contribution in [0.25, 0.3) is 28.0 Å². The molecule has 0 N–H and O–H groups in total. The van der Waals surface area contributed by atoms with Gasteiger partial charge in [0.1, 0.15) is 5.65 Å². The average molecular weight is 504 g/mol. The van der Waals surface area contributed by atoms with Crippen LogP contribution in [-0.4, -0.2) is 88.8 Å². The molecule has 3 aromatic heterocycles. The summed E-state index contributed by atoms with van der Waals surface area (Å²) in [7, 11) is 2.13. The van der Waals surface area contributed by atoms with Gasteiger partial charge in [-0.25, -0.2) is 15.0 Å². The third-order valence-corrected chi connectivity index (χ3v) is 6.39. The summed E-state index contributed by atoms with van der Waals surface area (Å²) >= 11 is 0. The van der Waals surface area contributed by atoms with Crippen LogP contribution in [0.1, 0.15) is 0 Å². The molecule has 0 aliphatic carbocycles. The molecule has 0 radical (unpaired) electrons. The van der Waals surface area contributed by atoms with Crippen LogP contribution in [0.5, 0.6) is 0 Å². The molecule has 0 atom stereocenters. The quantitative estimate of drug-likeness (QED) is 0.306. The number of aromatic nitrogens is 4. The first kappa shape index (κ1) is 24.8. The van der Waals surface area contributed by atoms with E-state index in [0.29, 0.717) is 0 Å². The van der Waals surface area contributed by atoms with Gasteiger partial charge >= 0.3 is 0 Å². The topological polar surface area (TPSA) is 111 Å². The van der Waals surface area contributed by atoms with Gasteiger partial charge in [0.25, 0.3) is 5.69 Å². The predicted octanol–water partition coefficient (Wildman–Crippen LogP) is 3.15. The van der Waals surface area contributed by atoms with Crippen LogP contribution in [0.2, 0.25) is 0 Å². The van der Waals surface area contributed by atoms with Crippen molar-refractivity contribution in [3.8, 4) is 22.4 Å². The van der Waals surface area contributed by atoms with Gasteiger partial charge in [0.2, 0.25) is 5.95 Å². The first-order valence-electron chi connectivity index (χ1n) is 12.2. The Bertz CT molecular complexity index is 1320. The number of benzene rings is 1. The third kappa shape index (κ3) is 5.91. The molecular formula is C26H29N7O4. The maximum Gasteiger partial charge on any atom is 0.269 e. The van der Waals surface area contributed by atoms with Crippen LogP contribution in [0, 0.1) is 10.1 Å². The van der Waals surface area contributed by atoms with Crippen LogP contribution in [0.4, 0.5) is 11.6 Å². The summed E-state index contributed by atoms with van der Waals surface area (Å²) in [5.74, 6) is 0.763. The molecule has 6 rings (SSSR count). The predicted molar refractivity (Wildman–Crippen MR) is 140 cm³/mol. The maximum atomic E-state index is 10.9. The SMILES string of the molecule is C1COCCO1.CN1CCN(c2ncc(-c3ccn4c(-c5ccc([N+](=O)[O-])cc5)cnc4c3)cn2)CC1.